The van der Waals surface area contributed by atoms with Gasteiger partial charge in [0.15, 0.2) is 0 Å². The van der Waals surface area contributed by atoms with E-state index in [1.54, 1.807) is 0 Å². The molecule has 0 aromatic heterocycles. The summed E-state index contributed by atoms with van der Waals surface area (Å²) in [5.74, 6) is 0.412. The Bertz CT molecular complexity index is 985. The van der Waals surface area contributed by atoms with Gasteiger partial charge in [0.05, 0.1) is 23.1 Å². The minimum absolute atomic E-state index is 0.0383. The fourth-order valence-electron chi connectivity index (χ4n) is 5.77. The molecule has 5 rings (SSSR count). The predicted molar refractivity (Wildman–Crippen MR) is 136 cm³/mol. The number of rotatable bonds is 3. The molecule has 3 aliphatic rings. The van der Waals surface area contributed by atoms with E-state index in [0.29, 0.717) is 11.6 Å². The van der Waals surface area contributed by atoms with Crippen LogP contribution in [0.5, 0.6) is 0 Å². The zero-order valence-electron chi connectivity index (χ0n) is 19.6. The highest BCUT2D eigenvalue weighted by molar-refractivity contribution is 6.13. The molecule has 0 saturated heterocycles. The average Bonchev–Trinajstić information content (AvgIpc) is 2.95. The molecular weight excluding hydrogens is 408 g/mol. The minimum Gasteiger partial charge on any atom is -0.399 e. The molecule has 1 aliphatic heterocycles. The number of urea groups is 1. The van der Waals surface area contributed by atoms with Crippen LogP contribution in [0.15, 0.2) is 53.6 Å². The molecule has 2 aromatic rings. The molecule has 0 atom stereocenters. The van der Waals surface area contributed by atoms with Crippen molar-refractivity contribution in [1.82, 2.24) is 5.01 Å². The van der Waals surface area contributed by atoms with Crippen molar-refractivity contribution in [3.8, 4) is 0 Å². The molecule has 174 valence electrons. The smallest absolute Gasteiger partial charge is 0.349 e. The van der Waals surface area contributed by atoms with Crippen molar-refractivity contribution in [2.24, 2.45) is 11.0 Å². The molecule has 5 nitrogen and oxygen atoms in total. The van der Waals surface area contributed by atoms with Gasteiger partial charge in [0.2, 0.25) is 0 Å². The van der Waals surface area contributed by atoms with E-state index < -0.39 is 0 Å². The number of hydrogen-bond donors (Lipinski definition) is 1. The maximum Gasteiger partial charge on any atom is 0.349 e. The lowest BCUT2D eigenvalue weighted by Crippen LogP contribution is -2.43. The van der Waals surface area contributed by atoms with Gasteiger partial charge >= 0.3 is 6.03 Å². The summed E-state index contributed by atoms with van der Waals surface area (Å²) in [6.45, 7) is 0. The molecule has 0 unspecified atom stereocenters. The zero-order valence-corrected chi connectivity index (χ0v) is 19.6. The summed E-state index contributed by atoms with van der Waals surface area (Å²) < 4.78 is 0. The van der Waals surface area contributed by atoms with Crippen LogP contribution in [0.25, 0.3) is 0 Å². The van der Waals surface area contributed by atoms with Gasteiger partial charge in [-0.2, -0.15) is 5.10 Å². The summed E-state index contributed by atoms with van der Waals surface area (Å²) >= 11 is 0. The highest BCUT2D eigenvalue weighted by atomic mass is 16.2. The van der Waals surface area contributed by atoms with E-state index in [1.165, 1.54) is 38.5 Å². The summed E-state index contributed by atoms with van der Waals surface area (Å²) in [5.41, 5.74) is 10.7. The second-order valence-corrected chi connectivity index (χ2v) is 9.89. The Hall–Kier alpha value is -2.82. The van der Waals surface area contributed by atoms with Crippen LogP contribution < -0.4 is 10.6 Å². The highest BCUT2D eigenvalue weighted by Gasteiger charge is 2.36. The quantitative estimate of drug-likeness (QED) is 0.507. The summed E-state index contributed by atoms with van der Waals surface area (Å²) in [5, 5.41) is 7.11. The molecule has 0 bridgehead atoms. The number of carbonyl (C=O) groups is 1. The second kappa shape index (κ2) is 9.98. The van der Waals surface area contributed by atoms with Crippen LogP contribution in [0.3, 0.4) is 0 Å². The topological polar surface area (TPSA) is 61.9 Å². The first-order chi connectivity index (χ1) is 16.2. The molecule has 2 saturated carbocycles. The first-order valence-electron chi connectivity index (χ1n) is 12.9. The normalized spacial score (nSPS) is 21.1. The number of nitrogens with zero attached hydrogens (tertiary/aromatic N) is 3. The van der Waals surface area contributed by atoms with Crippen molar-refractivity contribution in [2.45, 2.75) is 83.1 Å². The second-order valence-electron chi connectivity index (χ2n) is 9.89. The van der Waals surface area contributed by atoms with E-state index in [9.17, 15) is 4.79 Å². The average molecular weight is 445 g/mol. The SMILES string of the molecule is Nc1ccc(N2C(=O)N(C3CCCCCCC3)N=C(C3CCCCC3)c3ccccc32)cc1. The van der Waals surface area contributed by atoms with Gasteiger partial charge in [-0.3, -0.25) is 4.90 Å². The van der Waals surface area contributed by atoms with Crippen molar-refractivity contribution < 1.29 is 4.79 Å². The van der Waals surface area contributed by atoms with Crippen LogP contribution in [0.4, 0.5) is 21.9 Å². The maximum atomic E-state index is 14.2. The van der Waals surface area contributed by atoms with Crippen LogP contribution in [0, 0.1) is 5.92 Å². The Morgan fingerprint density at radius 2 is 1.36 bits per heavy atom. The molecule has 2 aliphatic carbocycles. The van der Waals surface area contributed by atoms with E-state index in [2.05, 4.69) is 18.2 Å². The van der Waals surface area contributed by atoms with E-state index in [4.69, 9.17) is 10.8 Å². The fourth-order valence-corrected chi connectivity index (χ4v) is 5.77. The summed E-state index contributed by atoms with van der Waals surface area (Å²) in [6.07, 6.45) is 14.3. The standard InChI is InChI=1S/C28H36N4O/c29-22-17-19-23(20-18-22)31-26-16-10-9-15-25(26)27(21-11-5-4-6-12-21)30-32(28(31)33)24-13-7-2-1-3-8-14-24/h9-10,15-21,24H,1-8,11-14,29H2. The molecule has 2 aromatic carbocycles. The van der Waals surface area contributed by atoms with Gasteiger partial charge in [-0.05, 0) is 56.0 Å². The lowest BCUT2D eigenvalue weighted by atomic mass is 9.83. The lowest BCUT2D eigenvalue weighted by molar-refractivity contribution is 0.172. The van der Waals surface area contributed by atoms with Crippen molar-refractivity contribution in [1.29, 1.82) is 0 Å². The third kappa shape index (κ3) is 4.64. The number of benzene rings is 2. The Labute approximate surface area is 197 Å². The van der Waals surface area contributed by atoms with E-state index in [0.717, 1.165) is 61.2 Å². The molecule has 1 heterocycles. The number of anilines is 3. The molecule has 33 heavy (non-hydrogen) atoms. The number of fused-ring (bicyclic) bond motifs is 1. The lowest BCUT2D eigenvalue weighted by Gasteiger charge is -2.33. The van der Waals surface area contributed by atoms with Crippen LogP contribution in [-0.4, -0.2) is 22.8 Å². The van der Waals surface area contributed by atoms with Gasteiger partial charge in [-0.25, -0.2) is 9.80 Å². The third-order valence-electron chi connectivity index (χ3n) is 7.59. The first kappa shape index (κ1) is 22.0. The minimum atomic E-state index is -0.0383. The van der Waals surface area contributed by atoms with Gasteiger partial charge in [0, 0.05) is 17.2 Å². The fraction of sp³-hybridized carbons (Fsp3) is 0.500. The predicted octanol–water partition coefficient (Wildman–Crippen LogP) is 7.24. The molecular formula is C28H36N4O. The third-order valence-corrected chi connectivity index (χ3v) is 7.59. The Balaban J connectivity index is 1.63. The molecule has 0 spiro atoms. The number of hydrazone groups is 1. The van der Waals surface area contributed by atoms with Crippen LogP contribution in [0.2, 0.25) is 0 Å². The van der Waals surface area contributed by atoms with Gasteiger partial charge in [0.25, 0.3) is 0 Å². The Morgan fingerprint density at radius 3 is 2.09 bits per heavy atom. The maximum absolute atomic E-state index is 14.2. The van der Waals surface area contributed by atoms with E-state index in [-0.39, 0.29) is 12.1 Å². The van der Waals surface area contributed by atoms with E-state index >= 15 is 0 Å². The molecule has 0 radical (unpaired) electrons. The summed E-state index contributed by atoms with van der Waals surface area (Å²) in [6, 6.07) is 16.1. The number of para-hydroxylation sites is 1. The van der Waals surface area contributed by atoms with Crippen LogP contribution in [0.1, 0.15) is 82.6 Å². The highest BCUT2D eigenvalue weighted by Crippen LogP contribution is 2.39. The van der Waals surface area contributed by atoms with Crippen LogP contribution in [-0.2, 0) is 0 Å². The number of nitrogens with two attached hydrogens (primary N) is 1. The number of hydrogen-bond acceptors (Lipinski definition) is 3. The van der Waals surface area contributed by atoms with Gasteiger partial charge in [-0.15, -0.1) is 0 Å². The van der Waals surface area contributed by atoms with Crippen LogP contribution >= 0.6 is 0 Å². The summed E-state index contributed by atoms with van der Waals surface area (Å²) in [4.78, 5) is 16.1. The molecule has 2 amide bonds. The van der Waals surface area contributed by atoms with Gasteiger partial charge < -0.3 is 5.73 Å². The first-order valence-corrected chi connectivity index (χ1v) is 12.9. The molecule has 2 N–H and O–H groups in total. The Kier molecular flexibility index (Phi) is 6.65. The Morgan fingerprint density at radius 1 is 0.758 bits per heavy atom. The van der Waals surface area contributed by atoms with Crippen molar-refractivity contribution >= 4 is 28.8 Å². The van der Waals surface area contributed by atoms with Gasteiger partial charge in [-0.1, -0.05) is 69.6 Å². The monoisotopic (exact) mass is 444 g/mol. The largest absolute Gasteiger partial charge is 0.399 e. The molecule has 2 fully saturated rings. The van der Waals surface area contributed by atoms with Crippen molar-refractivity contribution in [3.63, 3.8) is 0 Å². The number of carbonyl (C=O) groups excluding carboxylic acids is 1. The molecule has 5 heteroatoms. The van der Waals surface area contributed by atoms with Crippen molar-refractivity contribution in [3.05, 3.63) is 54.1 Å². The van der Waals surface area contributed by atoms with Crippen molar-refractivity contribution in [2.75, 3.05) is 10.6 Å². The van der Waals surface area contributed by atoms with E-state index in [1.807, 2.05) is 40.2 Å². The zero-order chi connectivity index (χ0) is 22.6. The number of nitrogen functional groups attached to an aromatic ring is 1. The van der Waals surface area contributed by atoms with Gasteiger partial charge in [0.1, 0.15) is 0 Å². The number of amides is 2. The summed E-state index contributed by atoms with van der Waals surface area (Å²) in [7, 11) is 0.